The number of hydrogen-bond acceptors (Lipinski definition) is 3. The largest absolute Gasteiger partial charge is 0.497 e. The molecule has 0 bridgehead atoms. The van der Waals surface area contributed by atoms with Gasteiger partial charge < -0.3 is 4.74 Å². The van der Waals surface area contributed by atoms with Gasteiger partial charge in [0.2, 0.25) is 5.91 Å². The van der Waals surface area contributed by atoms with Crippen LogP contribution in [0, 0.1) is 0 Å². The molecule has 0 aromatic heterocycles. The standard InChI is InChI=1S/C21H22N2O2/c1-3-19(24)23-21(15-7-5-4-6-8-15)17-12-10-14-9-11-16(25-2)13-18(14)20(17)22-23/h4-9,11,13,21-22H,3,10,12H2,1-2H3. The molecule has 0 fully saturated rings. The zero-order chi connectivity index (χ0) is 17.4. The number of methoxy groups -OCH3 is 1. The summed E-state index contributed by atoms with van der Waals surface area (Å²) in [5, 5.41) is 1.80. The summed E-state index contributed by atoms with van der Waals surface area (Å²) < 4.78 is 5.40. The first-order valence-electron chi connectivity index (χ1n) is 8.77. The highest BCUT2D eigenvalue weighted by Crippen LogP contribution is 2.44. The maximum absolute atomic E-state index is 12.6. The van der Waals surface area contributed by atoms with Gasteiger partial charge in [-0.05, 0) is 41.7 Å². The van der Waals surface area contributed by atoms with Gasteiger partial charge >= 0.3 is 0 Å². The number of amides is 1. The van der Waals surface area contributed by atoms with Crippen LogP contribution in [0.4, 0.5) is 0 Å². The SMILES string of the molecule is CCC(=O)N1NC2=C(CCc3ccc(OC)cc32)C1c1ccccc1. The topological polar surface area (TPSA) is 41.6 Å². The molecule has 2 aliphatic rings. The van der Waals surface area contributed by atoms with Crippen LogP contribution in [0.1, 0.15) is 42.5 Å². The molecule has 1 amide bonds. The number of fused-ring (bicyclic) bond motifs is 2. The van der Waals surface area contributed by atoms with Crippen LogP contribution in [-0.2, 0) is 11.2 Å². The van der Waals surface area contributed by atoms with Gasteiger partial charge in [0.25, 0.3) is 0 Å². The molecule has 1 N–H and O–H groups in total. The van der Waals surface area contributed by atoms with Crippen molar-refractivity contribution in [3.8, 4) is 5.75 Å². The number of nitrogens with one attached hydrogen (secondary N) is 1. The van der Waals surface area contributed by atoms with Crippen LogP contribution in [0.5, 0.6) is 5.75 Å². The smallest absolute Gasteiger partial charge is 0.241 e. The lowest BCUT2D eigenvalue weighted by Gasteiger charge is -2.26. The van der Waals surface area contributed by atoms with Crippen molar-refractivity contribution in [3.63, 3.8) is 0 Å². The Bertz CT molecular complexity index is 842. The highest BCUT2D eigenvalue weighted by atomic mass is 16.5. The third-order valence-electron chi connectivity index (χ3n) is 5.08. The fourth-order valence-electron chi connectivity index (χ4n) is 3.81. The molecule has 1 heterocycles. The number of carbonyl (C=O) groups excluding carboxylic acids is 1. The molecule has 1 atom stereocenters. The van der Waals surface area contributed by atoms with Gasteiger partial charge in [0, 0.05) is 12.0 Å². The lowest BCUT2D eigenvalue weighted by Crippen LogP contribution is -2.39. The fourth-order valence-corrected chi connectivity index (χ4v) is 3.81. The van der Waals surface area contributed by atoms with E-state index in [1.807, 2.05) is 31.2 Å². The fraction of sp³-hybridized carbons (Fsp3) is 0.286. The second-order valence-corrected chi connectivity index (χ2v) is 6.47. The molecule has 1 unspecified atom stereocenters. The van der Waals surface area contributed by atoms with E-state index in [0.717, 1.165) is 35.4 Å². The quantitative estimate of drug-likeness (QED) is 0.927. The molecule has 1 aliphatic heterocycles. The van der Waals surface area contributed by atoms with Crippen molar-refractivity contribution in [2.24, 2.45) is 0 Å². The van der Waals surface area contributed by atoms with Crippen LogP contribution in [0.2, 0.25) is 0 Å². The number of ether oxygens (including phenoxy) is 1. The van der Waals surface area contributed by atoms with Gasteiger partial charge in [-0.3, -0.25) is 10.2 Å². The van der Waals surface area contributed by atoms with E-state index in [1.54, 1.807) is 12.1 Å². The van der Waals surface area contributed by atoms with Gasteiger partial charge in [0.05, 0.1) is 12.8 Å². The third kappa shape index (κ3) is 2.58. The Hall–Kier alpha value is -2.75. The molecule has 0 saturated heterocycles. The lowest BCUT2D eigenvalue weighted by molar-refractivity contribution is -0.134. The number of benzene rings is 2. The van der Waals surface area contributed by atoms with Crippen molar-refractivity contribution < 1.29 is 9.53 Å². The number of hydrogen-bond donors (Lipinski definition) is 1. The van der Waals surface area contributed by atoms with Crippen molar-refractivity contribution >= 4 is 11.6 Å². The highest BCUT2D eigenvalue weighted by molar-refractivity contribution is 5.83. The maximum Gasteiger partial charge on any atom is 0.241 e. The molecule has 2 aromatic rings. The average Bonchev–Trinajstić information content (AvgIpc) is 3.07. The second-order valence-electron chi connectivity index (χ2n) is 6.47. The number of aryl methyl sites for hydroxylation is 1. The Morgan fingerprint density at radius 1 is 1.20 bits per heavy atom. The zero-order valence-electron chi connectivity index (χ0n) is 14.6. The van der Waals surface area contributed by atoms with Crippen LogP contribution < -0.4 is 10.2 Å². The summed E-state index contributed by atoms with van der Waals surface area (Å²) >= 11 is 0. The van der Waals surface area contributed by atoms with E-state index in [9.17, 15) is 4.79 Å². The van der Waals surface area contributed by atoms with E-state index in [-0.39, 0.29) is 11.9 Å². The summed E-state index contributed by atoms with van der Waals surface area (Å²) in [6, 6.07) is 16.4. The number of hydrazine groups is 1. The highest BCUT2D eigenvalue weighted by Gasteiger charge is 2.38. The van der Waals surface area contributed by atoms with Crippen molar-refractivity contribution in [1.29, 1.82) is 0 Å². The molecule has 4 rings (SSSR count). The van der Waals surface area contributed by atoms with Crippen molar-refractivity contribution in [3.05, 3.63) is 70.8 Å². The van der Waals surface area contributed by atoms with Gasteiger partial charge in [0.1, 0.15) is 11.8 Å². The van der Waals surface area contributed by atoms with E-state index in [4.69, 9.17) is 4.74 Å². The Morgan fingerprint density at radius 3 is 2.72 bits per heavy atom. The van der Waals surface area contributed by atoms with Gasteiger partial charge in [-0.2, -0.15) is 0 Å². The molecule has 128 valence electrons. The van der Waals surface area contributed by atoms with Crippen LogP contribution in [-0.4, -0.2) is 18.0 Å². The Balaban J connectivity index is 1.84. The van der Waals surface area contributed by atoms with E-state index in [2.05, 4.69) is 29.7 Å². The van der Waals surface area contributed by atoms with Crippen LogP contribution in [0.15, 0.2) is 54.1 Å². The molecule has 25 heavy (non-hydrogen) atoms. The molecule has 2 aromatic carbocycles. The monoisotopic (exact) mass is 334 g/mol. The van der Waals surface area contributed by atoms with Gasteiger partial charge in [-0.1, -0.05) is 43.3 Å². The lowest BCUT2D eigenvalue weighted by atomic mass is 9.85. The Morgan fingerprint density at radius 2 is 2.00 bits per heavy atom. The van der Waals surface area contributed by atoms with E-state index in [0.29, 0.717) is 6.42 Å². The Kier molecular flexibility index (Phi) is 3.96. The number of carbonyl (C=O) groups is 1. The van der Waals surface area contributed by atoms with Gasteiger partial charge in [-0.25, -0.2) is 5.01 Å². The van der Waals surface area contributed by atoms with Gasteiger partial charge in [-0.15, -0.1) is 0 Å². The van der Waals surface area contributed by atoms with Crippen LogP contribution in [0.3, 0.4) is 0 Å². The summed E-state index contributed by atoms with van der Waals surface area (Å²) in [4.78, 5) is 12.6. The molecule has 1 aliphatic carbocycles. The summed E-state index contributed by atoms with van der Waals surface area (Å²) in [6.45, 7) is 1.90. The molecule has 0 radical (unpaired) electrons. The van der Waals surface area contributed by atoms with Crippen LogP contribution in [0.25, 0.3) is 5.70 Å². The zero-order valence-corrected chi connectivity index (χ0v) is 14.6. The van der Waals surface area contributed by atoms with Gasteiger partial charge in [0.15, 0.2) is 0 Å². The predicted octanol–water partition coefficient (Wildman–Crippen LogP) is 3.85. The van der Waals surface area contributed by atoms with Crippen LogP contribution >= 0.6 is 0 Å². The number of nitrogens with zero attached hydrogens (tertiary/aromatic N) is 1. The van der Waals surface area contributed by atoms with Crippen molar-refractivity contribution in [2.75, 3.05) is 7.11 Å². The minimum Gasteiger partial charge on any atom is -0.497 e. The van der Waals surface area contributed by atoms with E-state index >= 15 is 0 Å². The first-order valence-corrected chi connectivity index (χ1v) is 8.77. The summed E-state index contributed by atoms with van der Waals surface area (Å²) in [7, 11) is 1.68. The summed E-state index contributed by atoms with van der Waals surface area (Å²) in [6.07, 6.45) is 2.41. The molecule has 4 nitrogen and oxygen atoms in total. The molecular weight excluding hydrogens is 312 g/mol. The maximum atomic E-state index is 12.6. The predicted molar refractivity (Wildman–Crippen MR) is 97.7 cm³/mol. The molecular formula is C21H22N2O2. The minimum atomic E-state index is -0.0389. The molecule has 0 spiro atoms. The first kappa shape index (κ1) is 15.8. The number of rotatable bonds is 3. The summed E-state index contributed by atoms with van der Waals surface area (Å²) in [5.41, 5.74) is 9.35. The average molecular weight is 334 g/mol. The Labute approximate surface area is 148 Å². The van der Waals surface area contributed by atoms with Crippen molar-refractivity contribution in [2.45, 2.75) is 32.2 Å². The first-order chi connectivity index (χ1) is 12.2. The third-order valence-corrected chi connectivity index (χ3v) is 5.08. The summed E-state index contributed by atoms with van der Waals surface area (Å²) in [5.74, 6) is 0.943. The molecule has 4 heteroatoms. The molecule has 0 saturated carbocycles. The normalized spacial score (nSPS) is 18.5. The van der Waals surface area contributed by atoms with E-state index in [1.165, 1.54) is 11.1 Å². The van der Waals surface area contributed by atoms with E-state index < -0.39 is 0 Å². The second kappa shape index (κ2) is 6.28. The van der Waals surface area contributed by atoms with Crippen molar-refractivity contribution in [1.82, 2.24) is 10.4 Å². The minimum absolute atomic E-state index is 0.0389.